The molecule has 3 rings (SSSR count). The molecule has 0 fully saturated rings. The Hall–Kier alpha value is -2.87. The molecule has 9 heteroatoms. The normalized spacial score (nSPS) is 11.5. The monoisotopic (exact) mass is 475 g/mol. The number of benzene rings is 3. The van der Waals surface area contributed by atoms with Crippen molar-refractivity contribution < 1.29 is 13.2 Å². The van der Waals surface area contributed by atoms with Gasteiger partial charge in [0.1, 0.15) is 0 Å². The van der Waals surface area contributed by atoms with Crippen molar-refractivity contribution in [2.24, 2.45) is 5.10 Å². The summed E-state index contributed by atoms with van der Waals surface area (Å²) in [6.07, 6.45) is 2.52. The summed E-state index contributed by atoms with van der Waals surface area (Å²) in [4.78, 5) is 12.8. The van der Waals surface area contributed by atoms with Crippen LogP contribution in [0.2, 0.25) is 10.0 Å². The molecule has 0 atom stereocenters. The van der Waals surface area contributed by atoms with Crippen molar-refractivity contribution in [2.45, 2.75) is 6.54 Å². The predicted octanol–water partition coefficient (Wildman–Crippen LogP) is 4.72. The molecule has 160 valence electrons. The second kappa shape index (κ2) is 9.96. The molecule has 0 unspecified atom stereocenters. The van der Waals surface area contributed by atoms with E-state index in [-0.39, 0.29) is 17.8 Å². The van der Waals surface area contributed by atoms with Crippen LogP contribution in [0.15, 0.2) is 77.9 Å². The third-order valence-corrected chi connectivity index (χ3v) is 6.18. The third kappa shape index (κ3) is 6.07. The average Bonchev–Trinajstić information content (AvgIpc) is 2.74. The first kappa shape index (κ1) is 22.8. The van der Waals surface area contributed by atoms with Gasteiger partial charge in [0.25, 0.3) is 5.91 Å². The molecule has 1 amide bonds. The van der Waals surface area contributed by atoms with E-state index in [1.165, 1.54) is 10.5 Å². The molecule has 0 saturated carbocycles. The van der Waals surface area contributed by atoms with Gasteiger partial charge in [-0.3, -0.25) is 9.10 Å². The van der Waals surface area contributed by atoms with Crippen molar-refractivity contribution in [1.82, 2.24) is 5.43 Å². The number of para-hydroxylation sites is 1. The summed E-state index contributed by atoms with van der Waals surface area (Å²) < 4.78 is 26.2. The van der Waals surface area contributed by atoms with Crippen LogP contribution < -0.4 is 9.73 Å². The van der Waals surface area contributed by atoms with Crippen molar-refractivity contribution in [3.05, 3.63) is 99.5 Å². The maximum atomic E-state index is 12.8. The van der Waals surface area contributed by atoms with E-state index in [1.54, 1.807) is 42.5 Å². The van der Waals surface area contributed by atoms with Crippen LogP contribution in [0.25, 0.3) is 0 Å². The fourth-order valence-corrected chi connectivity index (χ4v) is 4.04. The Bertz CT molecular complexity index is 1220. The Labute approximate surface area is 191 Å². The van der Waals surface area contributed by atoms with Gasteiger partial charge in [-0.25, -0.2) is 13.8 Å². The summed E-state index contributed by atoms with van der Waals surface area (Å²) in [7, 11) is -3.66. The number of carbonyl (C=O) groups excluding carboxylic acids is 1. The SMILES string of the molecule is CS(=O)(=O)N(Cc1ccccc1)c1ccccc1C(=O)N/N=C\c1ccc(Cl)c(Cl)c1. The molecule has 3 aromatic carbocycles. The van der Waals surface area contributed by atoms with Crippen LogP contribution in [0.1, 0.15) is 21.5 Å². The van der Waals surface area contributed by atoms with E-state index >= 15 is 0 Å². The number of nitrogens with zero attached hydrogens (tertiary/aromatic N) is 2. The first-order valence-electron chi connectivity index (χ1n) is 9.15. The van der Waals surface area contributed by atoms with Gasteiger partial charge in [0, 0.05) is 0 Å². The number of hydrogen-bond donors (Lipinski definition) is 1. The molecule has 3 aromatic rings. The van der Waals surface area contributed by atoms with E-state index < -0.39 is 15.9 Å². The highest BCUT2D eigenvalue weighted by molar-refractivity contribution is 7.92. The number of hydrazone groups is 1. The average molecular weight is 476 g/mol. The predicted molar refractivity (Wildman–Crippen MR) is 125 cm³/mol. The Kier molecular flexibility index (Phi) is 7.33. The van der Waals surface area contributed by atoms with Crippen LogP contribution in [0.3, 0.4) is 0 Å². The topological polar surface area (TPSA) is 78.8 Å². The van der Waals surface area contributed by atoms with Gasteiger partial charge in [-0.2, -0.15) is 5.10 Å². The van der Waals surface area contributed by atoms with Gasteiger partial charge in [0.05, 0.1) is 40.3 Å². The Morgan fingerprint density at radius 1 is 1.00 bits per heavy atom. The molecule has 6 nitrogen and oxygen atoms in total. The summed E-state index contributed by atoms with van der Waals surface area (Å²) in [6.45, 7) is 0.0938. The molecule has 0 saturated heterocycles. The lowest BCUT2D eigenvalue weighted by Crippen LogP contribution is -2.32. The molecular weight excluding hydrogens is 457 g/mol. The molecule has 0 aliphatic heterocycles. The third-order valence-electron chi connectivity index (χ3n) is 4.31. The number of rotatable bonds is 7. The van der Waals surface area contributed by atoms with Gasteiger partial charge in [-0.15, -0.1) is 0 Å². The van der Waals surface area contributed by atoms with Crippen molar-refractivity contribution in [1.29, 1.82) is 0 Å². The number of amides is 1. The van der Waals surface area contributed by atoms with Gasteiger partial charge in [-0.05, 0) is 35.4 Å². The largest absolute Gasteiger partial charge is 0.273 e. The van der Waals surface area contributed by atoms with Gasteiger partial charge in [0.2, 0.25) is 10.0 Å². The Morgan fingerprint density at radius 3 is 2.35 bits per heavy atom. The molecule has 1 N–H and O–H groups in total. The quantitative estimate of drug-likeness (QED) is 0.396. The van der Waals surface area contributed by atoms with Crippen molar-refractivity contribution >= 4 is 51.0 Å². The molecule has 0 aromatic heterocycles. The Balaban J connectivity index is 1.85. The highest BCUT2D eigenvalue weighted by atomic mass is 35.5. The van der Waals surface area contributed by atoms with Crippen LogP contribution >= 0.6 is 23.2 Å². The van der Waals surface area contributed by atoms with Crippen molar-refractivity contribution in [3.8, 4) is 0 Å². The van der Waals surface area contributed by atoms with E-state index in [1.807, 2.05) is 30.3 Å². The number of hydrogen-bond acceptors (Lipinski definition) is 4. The van der Waals surface area contributed by atoms with Gasteiger partial charge in [-0.1, -0.05) is 71.7 Å². The minimum absolute atomic E-state index is 0.0938. The second-order valence-electron chi connectivity index (χ2n) is 6.65. The lowest BCUT2D eigenvalue weighted by atomic mass is 10.1. The highest BCUT2D eigenvalue weighted by Gasteiger charge is 2.23. The zero-order chi connectivity index (χ0) is 22.4. The standard InChI is InChI=1S/C22H19Cl2N3O3S/c1-31(29,30)27(15-16-7-3-2-4-8-16)21-10-6-5-9-18(21)22(28)26-25-14-17-11-12-19(23)20(24)13-17/h2-14H,15H2,1H3,(H,26,28)/b25-14-. The minimum Gasteiger partial charge on any atom is -0.267 e. The summed E-state index contributed by atoms with van der Waals surface area (Å²) in [5, 5.41) is 4.72. The zero-order valence-corrected chi connectivity index (χ0v) is 18.8. The van der Waals surface area contributed by atoms with Crippen molar-refractivity contribution in [2.75, 3.05) is 10.6 Å². The van der Waals surface area contributed by atoms with Crippen molar-refractivity contribution in [3.63, 3.8) is 0 Å². The van der Waals surface area contributed by atoms with Gasteiger partial charge >= 0.3 is 0 Å². The molecule has 0 heterocycles. The van der Waals surface area contributed by atoms with E-state index in [0.717, 1.165) is 11.8 Å². The smallest absolute Gasteiger partial charge is 0.267 e. The fourth-order valence-electron chi connectivity index (χ4n) is 2.83. The number of halogens is 2. The van der Waals surface area contributed by atoms with Crippen LogP contribution in [-0.2, 0) is 16.6 Å². The maximum absolute atomic E-state index is 12.8. The van der Waals surface area contributed by atoms with Crippen LogP contribution in [0.4, 0.5) is 5.69 Å². The maximum Gasteiger partial charge on any atom is 0.273 e. The van der Waals surface area contributed by atoms with Crippen LogP contribution in [-0.4, -0.2) is 26.8 Å². The van der Waals surface area contributed by atoms with E-state index in [0.29, 0.717) is 15.6 Å². The van der Waals surface area contributed by atoms with Gasteiger partial charge in [0.15, 0.2) is 0 Å². The molecule has 0 aliphatic rings. The van der Waals surface area contributed by atoms with Crippen LogP contribution in [0.5, 0.6) is 0 Å². The lowest BCUT2D eigenvalue weighted by Gasteiger charge is -2.24. The first-order valence-corrected chi connectivity index (χ1v) is 11.8. The molecule has 0 aliphatic carbocycles. The summed E-state index contributed by atoms with van der Waals surface area (Å²) in [5.41, 5.74) is 4.30. The van der Waals surface area contributed by atoms with E-state index in [4.69, 9.17) is 23.2 Å². The summed E-state index contributed by atoms with van der Waals surface area (Å²) in [5.74, 6) is -0.548. The first-order chi connectivity index (χ1) is 14.8. The number of nitrogens with one attached hydrogen (secondary N) is 1. The lowest BCUT2D eigenvalue weighted by molar-refractivity contribution is 0.0956. The Morgan fingerprint density at radius 2 is 1.68 bits per heavy atom. The molecule has 0 radical (unpaired) electrons. The molecule has 0 spiro atoms. The fraction of sp³-hybridized carbons (Fsp3) is 0.0909. The minimum atomic E-state index is -3.66. The molecule has 31 heavy (non-hydrogen) atoms. The number of carbonyl (C=O) groups is 1. The molecule has 0 bridgehead atoms. The second-order valence-corrected chi connectivity index (χ2v) is 9.37. The number of anilines is 1. The highest BCUT2D eigenvalue weighted by Crippen LogP contribution is 2.25. The summed E-state index contributed by atoms with van der Waals surface area (Å²) >= 11 is 11.9. The van der Waals surface area contributed by atoms with Crippen LogP contribution in [0, 0.1) is 0 Å². The molecular formula is C22H19Cl2N3O3S. The van der Waals surface area contributed by atoms with E-state index in [9.17, 15) is 13.2 Å². The van der Waals surface area contributed by atoms with Gasteiger partial charge < -0.3 is 0 Å². The van der Waals surface area contributed by atoms with E-state index in [2.05, 4.69) is 10.5 Å². The zero-order valence-electron chi connectivity index (χ0n) is 16.5. The number of sulfonamides is 1. The summed E-state index contributed by atoms with van der Waals surface area (Å²) in [6, 6.07) is 20.5.